The van der Waals surface area contributed by atoms with Gasteiger partial charge in [-0.15, -0.1) is 0 Å². The number of morpholine rings is 1. The Morgan fingerprint density at radius 2 is 1.73 bits per heavy atom. The van der Waals surface area contributed by atoms with Gasteiger partial charge in [-0.3, -0.25) is 4.68 Å². The fourth-order valence-electron chi connectivity index (χ4n) is 3.60. The van der Waals surface area contributed by atoms with Gasteiger partial charge < -0.3 is 20.3 Å². The molecule has 0 saturated carbocycles. The molecule has 1 aliphatic rings. The number of carbonyl (C=O) groups is 1. The molecule has 7 nitrogen and oxygen atoms in total. The summed E-state index contributed by atoms with van der Waals surface area (Å²) in [5.74, 6) is 0. The van der Waals surface area contributed by atoms with Crippen molar-refractivity contribution in [2.45, 2.75) is 6.18 Å². The first-order valence-corrected chi connectivity index (χ1v) is 10.9. The molecule has 0 bridgehead atoms. The van der Waals surface area contributed by atoms with Gasteiger partial charge in [0.1, 0.15) is 0 Å². The van der Waals surface area contributed by atoms with Crippen LogP contribution in [0.4, 0.5) is 35.0 Å². The van der Waals surface area contributed by atoms with Crippen LogP contribution < -0.4 is 15.5 Å². The number of rotatable bonds is 4. The Balaban J connectivity index is 1.58. The second kappa shape index (κ2) is 9.44. The smallest absolute Gasteiger partial charge is 0.378 e. The van der Waals surface area contributed by atoms with Crippen molar-refractivity contribution in [3.8, 4) is 11.3 Å². The first-order valence-electron chi connectivity index (χ1n) is 10.1. The monoisotopic (exact) mass is 523 g/mol. The van der Waals surface area contributed by atoms with Crippen molar-refractivity contribution < 1.29 is 22.7 Å². The molecule has 2 N–H and O–H groups in total. The van der Waals surface area contributed by atoms with E-state index in [-0.39, 0.29) is 5.69 Å². The van der Waals surface area contributed by atoms with E-state index < -0.39 is 17.8 Å². The van der Waals surface area contributed by atoms with Crippen LogP contribution in [0.2, 0.25) is 0 Å². The molecule has 3 aromatic rings. The molecule has 174 valence electrons. The number of anilines is 3. The maximum atomic E-state index is 12.8. The summed E-state index contributed by atoms with van der Waals surface area (Å²) in [6.07, 6.45) is -2.74. The maximum absolute atomic E-state index is 12.8. The first kappa shape index (κ1) is 23.1. The van der Waals surface area contributed by atoms with Crippen molar-refractivity contribution in [2.24, 2.45) is 7.05 Å². The number of halogens is 4. The highest BCUT2D eigenvalue weighted by Crippen LogP contribution is 2.34. The number of alkyl halides is 3. The number of aromatic nitrogens is 2. The highest BCUT2D eigenvalue weighted by molar-refractivity contribution is 9.10. The van der Waals surface area contributed by atoms with Crippen LogP contribution >= 0.6 is 15.9 Å². The molecule has 2 amide bonds. The van der Waals surface area contributed by atoms with Crippen LogP contribution in [0.25, 0.3) is 11.3 Å². The van der Waals surface area contributed by atoms with E-state index in [0.717, 1.165) is 33.6 Å². The summed E-state index contributed by atoms with van der Waals surface area (Å²) in [5, 5.41) is 9.61. The van der Waals surface area contributed by atoms with Crippen LogP contribution in [-0.2, 0) is 18.0 Å². The summed E-state index contributed by atoms with van der Waals surface area (Å²) in [4.78, 5) is 14.7. The van der Waals surface area contributed by atoms with Gasteiger partial charge in [0, 0.05) is 42.8 Å². The number of ether oxygens (including phenoxy) is 1. The Bertz CT molecular complexity index is 1120. The minimum Gasteiger partial charge on any atom is -0.378 e. The van der Waals surface area contributed by atoms with Crippen LogP contribution in [0.5, 0.6) is 0 Å². The minimum atomic E-state index is -4.43. The van der Waals surface area contributed by atoms with Gasteiger partial charge in [-0.05, 0) is 58.4 Å². The molecular weight excluding hydrogens is 503 g/mol. The molecule has 1 aromatic heterocycles. The van der Waals surface area contributed by atoms with Crippen LogP contribution in [0.15, 0.2) is 53.1 Å². The van der Waals surface area contributed by atoms with Crippen molar-refractivity contribution in [1.29, 1.82) is 0 Å². The molecule has 4 rings (SSSR count). The number of amides is 2. The lowest BCUT2D eigenvalue weighted by atomic mass is 10.1. The molecule has 0 aliphatic carbocycles. The van der Waals surface area contributed by atoms with Crippen LogP contribution in [0.1, 0.15) is 5.56 Å². The molecule has 0 unspecified atom stereocenters. The maximum Gasteiger partial charge on any atom is 0.416 e. The second-order valence-electron chi connectivity index (χ2n) is 7.49. The zero-order valence-corrected chi connectivity index (χ0v) is 19.2. The Morgan fingerprint density at radius 1 is 1.06 bits per heavy atom. The summed E-state index contributed by atoms with van der Waals surface area (Å²) in [7, 11) is 1.83. The molecule has 0 radical (unpaired) electrons. The van der Waals surface area contributed by atoms with E-state index in [1.807, 2.05) is 25.2 Å². The van der Waals surface area contributed by atoms with Crippen LogP contribution in [0, 0.1) is 0 Å². The highest BCUT2D eigenvalue weighted by atomic mass is 79.9. The number of carbonyl (C=O) groups excluding carboxylic acids is 1. The lowest BCUT2D eigenvalue weighted by Gasteiger charge is -2.29. The summed E-state index contributed by atoms with van der Waals surface area (Å²) in [6, 6.07) is 9.40. The average Bonchev–Trinajstić information content (AvgIpc) is 3.11. The van der Waals surface area contributed by atoms with E-state index in [0.29, 0.717) is 32.0 Å². The molecule has 1 aliphatic heterocycles. The Morgan fingerprint density at radius 3 is 2.33 bits per heavy atom. The van der Waals surface area contributed by atoms with Crippen molar-refractivity contribution in [3.63, 3.8) is 0 Å². The quantitative estimate of drug-likeness (QED) is 0.483. The average molecular weight is 524 g/mol. The van der Waals surface area contributed by atoms with Gasteiger partial charge in [0.25, 0.3) is 0 Å². The van der Waals surface area contributed by atoms with Gasteiger partial charge in [0.2, 0.25) is 0 Å². The predicted octanol–water partition coefficient (Wildman–Crippen LogP) is 5.35. The normalized spacial score (nSPS) is 14.3. The fourth-order valence-corrected chi connectivity index (χ4v) is 4.17. The third kappa shape index (κ3) is 5.48. The van der Waals surface area contributed by atoms with Gasteiger partial charge in [-0.2, -0.15) is 18.3 Å². The van der Waals surface area contributed by atoms with E-state index in [4.69, 9.17) is 4.74 Å². The van der Waals surface area contributed by atoms with Gasteiger partial charge in [0.05, 0.1) is 35.1 Å². The SMILES string of the molecule is Cn1ncc(Br)c1-c1cc(NC(=O)Nc2ccc(C(F)(F)F)cc2)cc(N2CCOCC2)c1. The number of nitrogens with zero attached hydrogens (tertiary/aromatic N) is 3. The summed E-state index contributed by atoms with van der Waals surface area (Å²) >= 11 is 3.52. The largest absolute Gasteiger partial charge is 0.416 e. The van der Waals surface area contributed by atoms with Crippen molar-refractivity contribution in [2.75, 3.05) is 41.8 Å². The molecule has 1 fully saturated rings. The predicted molar refractivity (Wildman–Crippen MR) is 123 cm³/mol. The highest BCUT2D eigenvalue weighted by Gasteiger charge is 2.30. The Kier molecular flexibility index (Phi) is 6.61. The number of aryl methyl sites for hydroxylation is 1. The zero-order valence-electron chi connectivity index (χ0n) is 17.6. The molecule has 0 spiro atoms. The van der Waals surface area contributed by atoms with Gasteiger partial charge in [-0.1, -0.05) is 0 Å². The number of nitrogens with one attached hydrogen (secondary N) is 2. The molecule has 33 heavy (non-hydrogen) atoms. The number of benzene rings is 2. The molecule has 0 atom stereocenters. The van der Waals surface area contributed by atoms with Crippen molar-refractivity contribution in [1.82, 2.24) is 9.78 Å². The van der Waals surface area contributed by atoms with Crippen molar-refractivity contribution >= 4 is 39.0 Å². The zero-order chi connectivity index (χ0) is 23.6. The van der Waals surface area contributed by atoms with Crippen LogP contribution in [0.3, 0.4) is 0 Å². The number of urea groups is 1. The number of hydrogen-bond acceptors (Lipinski definition) is 4. The first-order chi connectivity index (χ1) is 15.7. The fraction of sp³-hybridized carbons (Fsp3) is 0.273. The molecule has 2 aromatic carbocycles. The lowest BCUT2D eigenvalue weighted by molar-refractivity contribution is -0.137. The molecule has 1 saturated heterocycles. The minimum absolute atomic E-state index is 0.249. The summed E-state index contributed by atoms with van der Waals surface area (Å²) in [5.41, 5.74) is 2.60. The third-order valence-corrected chi connectivity index (χ3v) is 5.77. The summed E-state index contributed by atoms with van der Waals surface area (Å²) < 4.78 is 46.2. The topological polar surface area (TPSA) is 71.4 Å². The van der Waals surface area contributed by atoms with E-state index in [1.54, 1.807) is 10.9 Å². The lowest BCUT2D eigenvalue weighted by Crippen LogP contribution is -2.36. The van der Waals surface area contributed by atoms with Gasteiger partial charge >= 0.3 is 12.2 Å². The Labute approximate surface area is 196 Å². The van der Waals surface area contributed by atoms with E-state index in [1.165, 1.54) is 12.1 Å². The Hall–Kier alpha value is -3.05. The van der Waals surface area contributed by atoms with Gasteiger partial charge in [0.15, 0.2) is 0 Å². The van der Waals surface area contributed by atoms with E-state index >= 15 is 0 Å². The molecule has 11 heteroatoms. The number of hydrogen-bond donors (Lipinski definition) is 2. The van der Waals surface area contributed by atoms with E-state index in [2.05, 4.69) is 36.6 Å². The van der Waals surface area contributed by atoms with Crippen molar-refractivity contribution in [3.05, 3.63) is 58.7 Å². The molecule has 2 heterocycles. The van der Waals surface area contributed by atoms with Gasteiger partial charge in [-0.25, -0.2) is 4.79 Å². The molecular formula is C22H21BrF3N5O2. The second-order valence-corrected chi connectivity index (χ2v) is 8.34. The summed E-state index contributed by atoms with van der Waals surface area (Å²) in [6.45, 7) is 2.65. The standard InChI is InChI=1S/C22H21BrF3N5O2/c1-30-20(19(23)13-27-30)14-10-17(12-18(11-14)31-6-8-33-9-7-31)29-21(32)28-16-4-2-15(3-5-16)22(24,25)26/h2-5,10-13H,6-9H2,1H3,(H2,28,29,32). The van der Waals surface area contributed by atoms with Crippen LogP contribution in [-0.4, -0.2) is 42.1 Å². The van der Waals surface area contributed by atoms with E-state index in [9.17, 15) is 18.0 Å². The third-order valence-electron chi connectivity index (χ3n) is 5.19.